The van der Waals surface area contributed by atoms with Crippen molar-refractivity contribution in [3.8, 4) is 0 Å². The Balaban J connectivity index is 2.80. The first kappa shape index (κ1) is 9.05. The highest BCUT2D eigenvalue weighted by Gasteiger charge is 2.21. The highest BCUT2D eigenvalue weighted by molar-refractivity contribution is 5.27. The van der Waals surface area contributed by atoms with Crippen LogP contribution in [-0.4, -0.2) is 24.6 Å². The zero-order valence-electron chi connectivity index (χ0n) is 8.81. The summed E-state index contributed by atoms with van der Waals surface area (Å²) in [5.41, 5.74) is -0.0559. The van der Waals surface area contributed by atoms with Crippen LogP contribution in [0.1, 0.15) is 32.4 Å². The third-order valence-electron chi connectivity index (χ3n) is 1.93. The van der Waals surface area contributed by atoms with Crippen LogP contribution in [0.4, 0.5) is 0 Å². The van der Waals surface area contributed by atoms with E-state index in [2.05, 4.69) is 40.8 Å². The van der Waals surface area contributed by atoms with Gasteiger partial charge in [-0.15, -0.1) is 0 Å². The van der Waals surface area contributed by atoms with Crippen LogP contribution in [0.25, 0.3) is 5.78 Å². The summed E-state index contributed by atoms with van der Waals surface area (Å²) in [5.74, 6) is 2.23. The Morgan fingerprint density at radius 2 is 1.93 bits per heavy atom. The molecule has 5 nitrogen and oxygen atoms in total. The molecule has 0 fully saturated rings. The monoisotopic (exact) mass is 191 g/mol. The summed E-state index contributed by atoms with van der Waals surface area (Å²) in [4.78, 5) is 12.6. The Hall–Kier alpha value is -1.52. The molecule has 0 aliphatic carbocycles. The van der Waals surface area contributed by atoms with Gasteiger partial charge in [0.1, 0.15) is 18.0 Å². The van der Waals surface area contributed by atoms with Gasteiger partial charge in [0, 0.05) is 5.41 Å². The molecule has 0 saturated heterocycles. The molecule has 0 saturated carbocycles. The number of rotatable bonds is 0. The van der Waals surface area contributed by atoms with Crippen molar-refractivity contribution in [3.63, 3.8) is 0 Å². The second kappa shape index (κ2) is 2.73. The van der Waals surface area contributed by atoms with E-state index < -0.39 is 0 Å². The Morgan fingerprint density at radius 1 is 1.21 bits per heavy atom. The van der Waals surface area contributed by atoms with Crippen LogP contribution in [0, 0.1) is 6.92 Å². The van der Waals surface area contributed by atoms with E-state index in [9.17, 15) is 0 Å². The smallest absolute Gasteiger partial charge is 0.218 e. The lowest BCUT2D eigenvalue weighted by atomic mass is 9.96. The quantitative estimate of drug-likeness (QED) is 0.626. The number of fused-ring (bicyclic) bond motifs is 1. The van der Waals surface area contributed by atoms with Crippen LogP contribution in [0.2, 0.25) is 0 Å². The lowest BCUT2D eigenvalue weighted by molar-refractivity contribution is 0.517. The summed E-state index contributed by atoms with van der Waals surface area (Å²) in [7, 11) is 0. The van der Waals surface area contributed by atoms with Crippen LogP contribution in [0.3, 0.4) is 0 Å². The minimum absolute atomic E-state index is 0.0559. The first-order valence-corrected chi connectivity index (χ1v) is 4.53. The average Bonchev–Trinajstić information content (AvgIpc) is 2.47. The first-order chi connectivity index (χ1) is 6.48. The fourth-order valence-electron chi connectivity index (χ4n) is 1.32. The van der Waals surface area contributed by atoms with E-state index in [4.69, 9.17) is 0 Å². The molecule has 2 aromatic rings. The molecule has 0 bridgehead atoms. The third-order valence-corrected chi connectivity index (χ3v) is 1.93. The number of nitrogens with zero attached hydrogens (tertiary/aromatic N) is 5. The van der Waals surface area contributed by atoms with Crippen LogP contribution in [0.15, 0.2) is 6.33 Å². The number of aryl methyl sites for hydroxylation is 1. The van der Waals surface area contributed by atoms with Crippen LogP contribution in [0.5, 0.6) is 0 Å². The van der Waals surface area contributed by atoms with Crippen LogP contribution >= 0.6 is 0 Å². The fourth-order valence-corrected chi connectivity index (χ4v) is 1.32. The predicted molar refractivity (Wildman–Crippen MR) is 52.0 cm³/mol. The van der Waals surface area contributed by atoms with Gasteiger partial charge in [0.15, 0.2) is 0 Å². The topological polar surface area (TPSA) is 56.0 Å². The van der Waals surface area contributed by atoms with Gasteiger partial charge in [0.25, 0.3) is 5.78 Å². The van der Waals surface area contributed by atoms with E-state index in [1.54, 1.807) is 4.52 Å². The van der Waals surface area contributed by atoms with Gasteiger partial charge >= 0.3 is 0 Å². The SMILES string of the molecule is Cc1nc(C(C)(C)C)n2ncnc2n1. The molecule has 74 valence electrons. The highest BCUT2D eigenvalue weighted by Crippen LogP contribution is 2.19. The molecule has 0 radical (unpaired) electrons. The molecule has 0 aromatic carbocycles. The lowest BCUT2D eigenvalue weighted by Gasteiger charge is -2.17. The minimum atomic E-state index is -0.0559. The van der Waals surface area contributed by atoms with Crippen molar-refractivity contribution >= 4 is 5.78 Å². The Labute approximate surface area is 82.2 Å². The van der Waals surface area contributed by atoms with Gasteiger partial charge in [-0.1, -0.05) is 20.8 Å². The van der Waals surface area contributed by atoms with E-state index in [-0.39, 0.29) is 5.41 Å². The normalized spacial score (nSPS) is 12.3. The van der Waals surface area contributed by atoms with Gasteiger partial charge < -0.3 is 0 Å². The molecule has 0 aliphatic heterocycles. The molecule has 0 N–H and O–H groups in total. The zero-order chi connectivity index (χ0) is 10.3. The summed E-state index contributed by atoms with van der Waals surface area (Å²) >= 11 is 0. The molecule has 2 heterocycles. The maximum atomic E-state index is 4.39. The average molecular weight is 191 g/mol. The minimum Gasteiger partial charge on any atom is -0.218 e. The summed E-state index contributed by atoms with van der Waals surface area (Å²) in [5, 5.41) is 4.11. The Bertz CT molecular complexity index is 465. The molecule has 2 aromatic heterocycles. The standard InChI is InChI=1S/C9H13N5/c1-6-12-7(9(2,3)4)14-8(13-6)10-5-11-14/h5H,1-4H3. The van der Waals surface area contributed by atoms with Gasteiger partial charge in [0.05, 0.1) is 0 Å². The van der Waals surface area contributed by atoms with Gasteiger partial charge in [-0.2, -0.15) is 19.6 Å². The summed E-state index contributed by atoms with van der Waals surface area (Å²) in [6, 6.07) is 0. The third kappa shape index (κ3) is 1.34. The Morgan fingerprint density at radius 3 is 2.57 bits per heavy atom. The second-order valence-electron chi connectivity index (χ2n) is 4.32. The van der Waals surface area contributed by atoms with Crippen molar-refractivity contribution in [2.24, 2.45) is 0 Å². The van der Waals surface area contributed by atoms with E-state index >= 15 is 0 Å². The molecular formula is C9H13N5. The molecule has 0 atom stereocenters. The molecule has 0 spiro atoms. The van der Waals surface area contributed by atoms with Gasteiger partial charge in [0.2, 0.25) is 0 Å². The highest BCUT2D eigenvalue weighted by atomic mass is 15.4. The first-order valence-electron chi connectivity index (χ1n) is 4.53. The van der Waals surface area contributed by atoms with Crippen molar-refractivity contribution in [1.29, 1.82) is 0 Å². The lowest BCUT2D eigenvalue weighted by Crippen LogP contribution is -2.20. The van der Waals surface area contributed by atoms with Gasteiger partial charge in [-0.05, 0) is 6.92 Å². The molecule has 14 heavy (non-hydrogen) atoms. The van der Waals surface area contributed by atoms with Crippen molar-refractivity contribution in [2.75, 3.05) is 0 Å². The van der Waals surface area contributed by atoms with E-state index in [0.29, 0.717) is 5.78 Å². The largest absolute Gasteiger partial charge is 0.255 e. The number of aromatic nitrogens is 5. The molecule has 0 unspecified atom stereocenters. The number of hydrogen-bond donors (Lipinski definition) is 0. The van der Waals surface area contributed by atoms with Crippen molar-refractivity contribution in [2.45, 2.75) is 33.1 Å². The van der Waals surface area contributed by atoms with Gasteiger partial charge in [-0.3, -0.25) is 0 Å². The van der Waals surface area contributed by atoms with E-state index in [1.165, 1.54) is 6.33 Å². The second-order valence-corrected chi connectivity index (χ2v) is 4.32. The molecule has 5 heteroatoms. The molecular weight excluding hydrogens is 178 g/mol. The van der Waals surface area contributed by atoms with E-state index in [1.807, 2.05) is 6.92 Å². The maximum Gasteiger partial charge on any atom is 0.255 e. The molecule has 0 aliphatic rings. The zero-order valence-corrected chi connectivity index (χ0v) is 8.81. The Kier molecular flexibility index (Phi) is 1.77. The van der Waals surface area contributed by atoms with Gasteiger partial charge in [-0.25, -0.2) is 4.98 Å². The molecule has 2 rings (SSSR count). The fraction of sp³-hybridized carbons (Fsp3) is 0.556. The van der Waals surface area contributed by atoms with E-state index in [0.717, 1.165) is 11.6 Å². The molecule has 0 amide bonds. The maximum absolute atomic E-state index is 4.39. The summed E-state index contributed by atoms with van der Waals surface area (Å²) < 4.78 is 1.69. The van der Waals surface area contributed by atoms with Crippen molar-refractivity contribution in [3.05, 3.63) is 18.0 Å². The summed E-state index contributed by atoms with van der Waals surface area (Å²) in [6.45, 7) is 8.14. The number of hydrogen-bond acceptors (Lipinski definition) is 4. The predicted octanol–water partition coefficient (Wildman–Crippen LogP) is 1.13. The van der Waals surface area contributed by atoms with Crippen LogP contribution in [-0.2, 0) is 5.41 Å². The van der Waals surface area contributed by atoms with Crippen molar-refractivity contribution < 1.29 is 0 Å². The van der Waals surface area contributed by atoms with Crippen molar-refractivity contribution in [1.82, 2.24) is 24.6 Å². The van der Waals surface area contributed by atoms with Crippen LogP contribution < -0.4 is 0 Å². The summed E-state index contributed by atoms with van der Waals surface area (Å²) in [6.07, 6.45) is 1.50.